The lowest BCUT2D eigenvalue weighted by Crippen LogP contribution is -2.52. The highest BCUT2D eigenvalue weighted by molar-refractivity contribution is 7.17. The SMILES string of the molecule is COc1cc(Cl)cnc1N1CCN(CCCc2csc3ccccc23)C(C)C1.Cl. The summed E-state index contributed by atoms with van der Waals surface area (Å²) in [4.78, 5) is 9.41. The van der Waals surface area contributed by atoms with Crippen LogP contribution in [0.25, 0.3) is 10.1 Å². The largest absolute Gasteiger partial charge is 0.493 e. The second-order valence-corrected chi connectivity index (χ2v) is 8.72. The molecule has 0 aliphatic carbocycles. The molecule has 0 spiro atoms. The Bertz CT molecular complexity index is 949. The standard InChI is InChI=1S/C22H26ClN3OS.ClH/c1-16-14-26(22-20(27-2)12-18(23)13-24-22)11-10-25(16)9-5-6-17-15-28-21-8-4-3-7-19(17)21;/h3-4,7-8,12-13,15-16H,5-6,9-11,14H2,1-2H3;1H. The number of rotatable bonds is 6. The molecule has 29 heavy (non-hydrogen) atoms. The first kappa shape index (κ1) is 22.2. The maximum Gasteiger partial charge on any atom is 0.171 e. The molecular weight excluding hydrogens is 425 g/mol. The molecule has 0 bridgehead atoms. The molecule has 1 aromatic carbocycles. The summed E-state index contributed by atoms with van der Waals surface area (Å²) in [7, 11) is 1.67. The van der Waals surface area contributed by atoms with Crippen LogP contribution in [0.15, 0.2) is 41.9 Å². The van der Waals surface area contributed by atoms with Gasteiger partial charge in [-0.3, -0.25) is 4.90 Å². The number of ether oxygens (including phenoxy) is 1. The molecule has 1 aliphatic heterocycles. The van der Waals surface area contributed by atoms with E-state index in [-0.39, 0.29) is 12.4 Å². The van der Waals surface area contributed by atoms with Gasteiger partial charge in [-0.15, -0.1) is 23.7 Å². The number of thiophene rings is 1. The van der Waals surface area contributed by atoms with Crippen LogP contribution in [0.2, 0.25) is 5.02 Å². The van der Waals surface area contributed by atoms with Crippen molar-refractivity contribution in [1.82, 2.24) is 9.88 Å². The van der Waals surface area contributed by atoms with Crippen LogP contribution >= 0.6 is 35.3 Å². The van der Waals surface area contributed by atoms with Crippen LogP contribution in [-0.2, 0) is 6.42 Å². The summed E-state index contributed by atoms with van der Waals surface area (Å²) in [6.45, 7) is 6.38. The van der Waals surface area contributed by atoms with Gasteiger partial charge in [0.05, 0.1) is 12.1 Å². The monoisotopic (exact) mass is 451 g/mol. The van der Waals surface area contributed by atoms with Gasteiger partial charge in [0.2, 0.25) is 0 Å². The van der Waals surface area contributed by atoms with E-state index in [9.17, 15) is 0 Å². The molecule has 3 aromatic rings. The zero-order valence-electron chi connectivity index (χ0n) is 16.8. The van der Waals surface area contributed by atoms with Gasteiger partial charge in [0, 0.05) is 42.6 Å². The van der Waals surface area contributed by atoms with Crippen molar-refractivity contribution in [2.75, 3.05) is 38.2 Å². The van der Waals surface area contributed by atoms with Crippen molar-refractivity contribution in [1.29, 1.82) is 0 Å². The zero-order chi connectivity index (χ0) is 19.5. The number of hydrogen-bond donors (Lipinski definition) is 0. The number of pyridine rings is 1. The Morgan fingerprint density at radius 3 is 2.90 bits per heavy atom. The van der Waals surface area contributed by atoms with Gasteiger partial charge in [0.1, 0.15) is 0 Å². The fourth-order valence-electron chi connectivity index (χ4n) is 4.02. The maximum atomic E-state index is 6.05. The third kappa shape index (κ3) is 4.97. The number of aromatic nitrogens is 1. The van der Waals surface area contributed by atoms with Crippen molar-refractivity contribution < 1.29 is 4.74 Å². The number of halogens is 2. The molecule has 4 nitrogen and oxygen atoms in total. The summed E-state index contributed by atoms with van der Waals surface area (Å²) in [6.07, 6.45) is 4.03. The lowest BCUT2D eigenvalue weighted by Gasteiger charge is -2.40. The summed E-state index contributed by atoms with van der Waals surface area (Å²) in [5.74, 6) is 1.64. The molecule has 0 N–H and O–H groups in total. The van der Waals surface area contributed by atoms with Gasteiger partial charge in [0.15, 0.2) is 11.6 Å². The van der Waals surface area contributed by atoms with Crippen LogP contribution in [0.5, 0.6) is 5.75 Å². The van der Waals surface area contributed by atoms with E-state index in [0.29, 0.717) is 11.1 Å². The Labute approximate surface area is 187 Å². The Hall–Kier alpha value is -1.53. The predicted molar refractivity (Wildman–Crippen MR) is 126 cm³/mol. The van der Waals surface area contributed by atoms with Gasteiger partial charge in [-0.1, -0.05) is 29.8 Å². The Morgan fingerprint density at radius 2 is 2.10 bits per heavy atom. The van der Waals surface area contributed by atoms with Crippen molar-refractivity contribution >= 4 is 51.2 Å². The molecule has 1 aliphatic rings. The molecule has 0 amide bonds. The van der Waals surface area contributed by atoms with Crippen LogP contribution in [0.3, 0.4) is 0 Å². The second-order valence-electron chi connectivity index (χ2n) is 7.37. The topological polar surface area (TPSA) is 28.6 Å². The van der Waals surface area contributed by atoms with Crippen molar-refractivity contribution in [3.05, 3.63) is 52.5 Å². The lowest BCUT2D eigenvalue weighted by atomic mass is 10.1. The average Bonchev–Trinajstić information content (AvgIpc) is 3.12. The van der Waals surface area contributed by atoms with Gasteiger partial charge < -0.3 is 9.64 Å². The molecular formula is C22H27Cl2N3OS. The molecule has 1 saturated heterocycles. The predicted octanol–water partition coefficient (Wildman–Crippen LogP) is 5.52. The van der Waals surface area contributed by atoms with Crippen LogP contribution in [0.4, 0.5) is 5.82 Å². The number of piperazine rings is 1. The van der Waals surface area contributed by atoms with Crippen LogP contribution in [0, 0.1) is 0 Å². The minimum absolute atomic E-state index is 0. The highest BCUT2D eigenvalue weighted by Gasteiger charge is 2.26. The first-order chi connectivity index (χ1) is 13.7. The van der Waals surface area contributed by atoms with Gasteiger partial charge in [-0.25, -0.2) is 4.98 Å². The van der Waals surface area contributed by atoms with E-state index in [4.69, 9.17) is 16.3 Å². The molecule has 7 heteroatoms. The lowest BCUT2D eigenvalue weighted by molar-refractivity contribution is 0.186. The third-order valence-electron chi connectivity index (χ3n) is 5.54. The first-order valence-corrected chi connectivity index (χ1v) is 11.0. The number of anilines is 1. The molecule has 1 fully saturated rings. The Morgan fingerprint density at radius 1 is 1.28 bits per heavy atom. The molecule has 1 atom stereocenters. The number of hydrogen-bond acceptors (Lipinski definition) is 5. The molecule has 4 rings (SSSR count). The minimum atomic E-state index is 0. The summed E-state index contributed by atoms with van der Waals surface area (Å²) >= 11 is 7.91. The smallest absolute Gasteiger partial charge is 0.171 e. The van der Waals surface area contributed by atoms with E-state index in [2.05, 4.69) is 51.4 Å². The third-order valence-corrected chi connectivity index (χ3v) is 6.76. The van der Waals surface area contributed by atoms with Gasteiger partial charge in [0.25, 0.3) is 0 Å². The first-order valence-electron chi connectivity index (χ1n) is 9.79. The molecule has 1 unspecified atom stereocenters. The van der Waals surface area contributed by atoms with Crippen molar-refractivity contribution in [2.24, 2.45) is 0 Å². The number of methoxy groups -OCH3 is 1. The number of aryl methyl sites for hydroxylation is 1. The molecule has 3 heterocycles. The minimum Gasteiger partial charge on any atom is -0.493 e. The normalized spacial score (nSPS) is 17.3. The Balaban J connectivity index is 0.00000240. The van der Waals surface area contributed by atoms with Crippen LogP contribution in [0.1, 0.15) is 18.9 Å². The zero-order valence-corrected chi connectivity index (χ0v) is 19.2. The van der Waals surface area contributed by atoms with E-state index in [1.165, 1.54) is 22.1 Å². The van der Waals surface area contributed by atoms with E-state index in [1.807, 2.05) is 17.4 Å². The maximum absolute atomic E-state index is 6.05. The average molecular weight is 452 g/mol. The summed E-state index contributed by atoms with van der Waals surface area (Å²) in [5, 5.41) is 4.35. The van der Waals surface area contributed by atoms with E-state index >= 15 is 0 Å². The summed E-state index contributed by atoms with van der Waals surface area (Å²) < 4.78 is 6.87. The Kier molecular flexibility index (Phi) is 7.63. The van der Waals surface area contributed by atoms with Crippen LogP contribution < -0.4 is 9.64 Å². The fourth-order valence-corrected chi connectivity index (χ4v) is 5.17. The van der Waals surface area contributed by atoms with Crippen molar-refractivity contribution in [3.8, 4) is 5.75 Å². The highest BCUT2D eigenvalue weighted by atomic mass is 35.5. The molecule has 0 radical (unpaired) electrons. The van der Waals surface area contributed by atoms with E-state index < -0.39 is 0 Å². The van der Waals surface area contributed by atoms with Crippen LogP contribution in [-0.4, -0.2) is 49.2 Å². The van der Waals surface area contributed by atoms with Gasteiger partial charge in [-0.2, -0.15) is 0 Å². The van der Waals surface area contributed by atoms with Crippen molar-refractivity contribution in [2.45, 2.75) is 25.8 Å². The number of fused-ring (bicyclic) bond motifs is 1. The second kappa shape index (κ2) is 9.98. The summed E-state index contributed by atoms with van der Waals surface area (Å²) in [6, 6.07) is 11.0. The fraction of sp³-hybridized carbons (Fsp3) is 0.409. The quantitative estimate of drug-likeness (QED) is 0.492. The number of nitrogens with zero attached hydrogens (tertiary/aromatic N) is 3. The van der Waals surface area contributed by atoms with Gasteiger partial charge >= 0.3 is 0 Å². The molecule has 2 aromatic heterocycles. The van der Waals surface area contributed by atoms with Crippen molar-refractivity contribution in [3.63, 3.8) is 0 Å². The molecule has 156 valence electrons. The highest BCUT2D eigenvalue weighted by Crippen LogP contribution is 2.30. The van der Waals surface area contributed by atoms with E-state index in [0.717, 1.165) is 44.2 Å². The van der Waals surface area contributed by atoms with Gasteiger partial charge in [-0.05, 0) is 48.7 Å². The molecule has 0 saturated carbocycles. The summed E-state index contributed by atoms with van der Waals surface area (Å²) in [5.41, 5.74) is 1.49. The number of benzene rings is 1. The van der Waals surface area contributed by atoms with E-state index in [1.54, 1.807) is 13.3 Å².